The molecule has 0 bridgehead atoms. The quantitative estimate of drug-likeness (QED) is 0.654. The van der Waals surface area contributed by atoms with Gasteiger partial charge in [-0.05, 0) is 43.4 Å². The van der Waals surface area contributed by atoms with E-state index in [1.54, 1.807) is 26.0 Å². The van der Waals surface area contributed by atoms with Gasteiger partial charge in [0.25, 0.3) is 0 Å². The number of aromatic nitrogens is 2. The number of sulfone groups is 1. The molecule has 0 saturated heterocycles. The van der Waals surface area contributed by atoms with Crippen LogP contribution < -0.4 is 11.1 Å². The fourth-order valence-corrected chi connectivity index (χ4v) is 4.71. The molecule has 0 aliphatic rings. The van der Waals surface area contributed by atoms with Gasteiger partial charge >= 0.3 is 6.03 Å². The number of carbonyl (C=O) groups excluding carboxylic acids is 1. The van der Waals surface area contributed by atoms with Crippen LogP contribution in [0.15, 0.2) is 23.1 Å². The summed E-state index contributed by atoms with van der Waals surface area (Å²) in [6.45, 7) is 14.8. The summed E-state index contributed by atoms with van der Waals surface area (Å²) in [5.74, 6) is 1.46. The van der Waals surface area contributed by atoms with Gasteiger partial charge in [0.05, 0.1) is 20.7 Å². The minimum atomic E-state index is -3.71. The monoisotopic (exact) mass is 436 g/mol. The van der Waals surface area contributed by atoms with E-state index in [0.717, 1.165) is 30.7 Å². The third-order valence-corrected chi connectivity index (χ3v) is 7.88. The van der Waals surface area contributed by atoms with Gasteiger partial charge in [-0.1, -0.05) is 41.0 Å². The Morgan fingerprint density at radius 1 is 1.23 bits per heavy atom. The molecule has 0 aliphatic heterocycles. The first-order valence-corrected chi connectivity index (χ1v) is 11.9. The van der Waals surface area contributed by atoms with Crippen molar-refractivity contribution in [1.82, 2.24) is 14.9 Å². The molecule has 7 nitrogen and oxygen atoms in total. The van der Waals surface area contributed by atoms with Crippen molar-refractivity contribution in [2.24, 2.45) is 17.1 Å². The molecule has 0 aliphatic carbocycles. The summed E-state index contributed by atoms with van der Waals surface area (Å²) in [4.78, 5) is 16.1. The van der Waals surface area contributed by atoms with Crippen LogP contribution in [0.3, 0.4) is 0 Å². The van der Waals surface area contributed by atoms with E-state index in [0.29, 0.717) is 11.4 Å². The number of urea groups is 1. The molecule has 1 heterocycles. The number of fused-ring (bicyclic) bond motifs is 1. The van der Waals surface area contributed by atoms with E-state index >= 15 is 0 Å². The molecule has 1 unspecified atom stereocenters. The Labute approximate surface area is 180 Å². The van der Waals surface area contributed by atoms with Crippen LogP contribution in [-0.4, -0.2) is 35.3 Å². The zero-order valence-electron chi connectivity index (χ0n) is 19.2. The molecule has 168 valence electrons. The number of hydrogen-bond donors (Lipinski definition) is 2. The van der Waals surface area contributed by atoms with E-state index in [9.17, 15) is 13.2 Å². The van der Waals surface area contributed by atoms with Crippen molar-refractivity contribution in [3.05, 3.63) is 24.0 Å². The molecule has 1 atom stereocenters. The Hall–Kier alpha value is -2.09. The van der Waals surface area contributed by atoms with Crippen LogP contribution in [0.5, 0.6) is 0 Å². The molecule has 0 spiro atoms. The number of amides is 2. The summed E-state index contributed by atoms with van der Waals surface area (Å²) in [6.07, 6.45) is 1.86. The minimum absolute atomic E-state index is 0.0614. The van der Waals surface area contributed by atoms with Gasteiger partial charge in [0, 0.05) is 19.5 Å². The molecule has 1 aromatic heterocycles. The van der Waals surface area contributed by atoms with Crippen molar-refractivity contribution in [3.63, 3.8) is 0 Å². The molecule has 8 heteroatoms. The van der Waals surface area contributed by atoms with Crippen LogP contribution in [0.25, 0.3) is 11.0 Å². The van der Waals surface area contributed by atoms with Crippen molar-refractivity contribution >= 4 is 26.9 Å². The number of rotatable bonds is 8. The zero-order chi connectivity index (χ0) is 22.9. The SMILES string of the molecule is CCC(C)Cn1c(CC(C)(C)C)nc2cc(S(=O)(=O)C(C)(C)CNC(N)=O)ccc21. The zero-order valence-corrected chi connectivity index (χ0v) is 20.1. The van der Waals surface area contributed by atoms with E-state index in [4.69, 9.17) is 10.7 Å². The van der Waals surface area contributed by atoms with Crippen molar-refractivity contribution in [3.8, 4) is 0 Å². The van der Waals surface area contributed by atoms with Crippen LogP contribution >= 0.6 is 0 Å². The second kappa shape index (κ2) is 8.57. The van der Waals surface area contributed by atoms with Crippen LogP contribution in [-0.2, 0) is 22.8 Å². The Bertz CT molecular complexity index is 1020. The topological polar surface area (TPSA) is 107 Å². The lowest BCUT2D eigenvalue weighted by atomic mass is 9.92. The number of hydrogen-bond acceptors (Lipinski definition) is 4. The lowest BCUT2D eigenvalue weighted by molar-refractivity contribution is 0.248. The molecule has 2 rings (SSSR count). The smallest absolute Gasteiger partial charge is 0.312 e. The predicted molar refractivity (Wildman–Crippen MR) is 121 cm³/mol. The van der Waals surface area contributed by atoms with Gasteiger partial charge in [0.1, 0.15) is 5.82 Å². The number of imidazole rings is 1. The van der Waals surface area contributed by atoms with Crippen molar-refractivity contribution in [2.45, 2.75) is 77.5 Å². The summed E-state index contributed by atoms with van der Waals surface area (Å²) in [5, 5.41) is 2.41. The molecular weight excluding hydrogens is 400 g/mol. The highest BCUT2D eigenvalue weighted by molar-refractivity contribution is 7.92. The maximum absolute atomic E-state index is 13.2. The molecule has 30 heavy (non-hydrogen) atoms. The summed E-state index contributed by atoms with van der Waals surface area (Å²) in [7, 11) is -3.71. The van der Waals surface area contributed by atoms with Gasteiger partial charge in [-0.3, -0.25) is 0 Å². The molecular formula is C22H36N4O3S. The highest BCUT2D eigenvalue weighted by atomic mass is 32.2. The average Bonchev–Trinajstić information content (AvgIpc) is 2.94. The van der Waals surface area contributed by atoms with Crippen LogP contribution in [0.4, 0.5) is 4.79 Å². The summed E-state index contributed by atoms with van der Waals surface area (Å²) in [6, 6.07) is 4.39. The van der Waals surface area contributed by atoms with Crippen LogP contribution in [0.2, 0.25) is 0 Å². The van der Waals surface area contributed by atoms with Gasteiger partial charge in [-0.15, -0.1) is 0 Å². The average molecular weight is 437 g/mol. The highest BCUT2D eigenvalue weighted by Crippen LogP contribution is 2.30. The number of carbonyl (C=O) groups is 1. The normalized spacial score (nSPS) is 14.1. The molecule has 2 aromatic rings. The molecule has 2 amide bonds. The van der Waals surface area contributed by atoms with Crippen LogP contribution in [0, 0.1) is 11.3 Å². The highest BCUT2D eigenvalue weighted by Gasteiger charge is 2.36. The standard InChI is InChI=1S/C22H36N4O3S/c1-8-15(2)13-26-18-10-9-16(11-17(18)25-19(26)12-21(3,4)5)30(28,29)22(6,7)14-24-20(23)27/h9-11,15H,8,12-14H2,1-7H3,(H3,23,24,27). The third kappa shape index (κ3) is 5.33. The number of benzene rings is 1. The second-order valence-corrected chi connectivity index (χ2v) is 12.6. The summed E-state index contributed by atoms with van der Waals surface area (Å²) in [5.41, 5.74) is 6.80. The minimum Gasteiger partial charge on any atom is -0.352 e. The number of nitrogens with one attached hydrogen (secondary N) is 1. The summed E-state index contributed by atoms with van der Waals surface area (Å²) < 4.78 is 27.5. The fourth-order valence-electron chi connectivity index (χ4n) is 3.29. The maximum atomic E-state index is 13.2. The molecule has 3 N–H and O–H groups in total. The summed E-state index contributed by atoms with van der Waals surface area (Å²) >= 11 is 0. The lowest BCUT2D eigenvalue weighted by Crippen LogP contribution is -2.45. The van der Waals surface area contributed by atoms with Gasteiger partial charge in [0.2, 0.25) is 0 Å². The van der Waals surface area contributed by atoms with Gasteiger partial charge in [-0.25, -0.2) is 18.2 Å². The van der Waals surface area contributed by atoms with Crippen LogP contribution in [0.1, 0.15) is 60.7 Å². The Morgan fingerprint density at radius 3 is 2.40 bits per heavy atom. The van der Waals surface area contributed by atoms with Gasteiger partial charge < -0.3 is 15.6 Å². The largest absolute Gasteiger partial charge is 0.352 e. The number of primary amides is 1. The van der Waals surface area contributed by atoms with E-state index < -0.39 is 20.6 Å². The fraction of sp³-hybridized carbons (Fsp3) is 0.636. The van der Waals surface area contributed by atoms with Gasteiger partial charge in [0.15, 0.2) is 9.84 Å². The number of nitrogens with zero attached hydrogens (tertiary/aromatic N) is 2. The van der Waals surface area contributed by atoms with E-state index in [1.165, 1.54) is 0 Å². The Balaban J connectivity index is 2.55. The molecule has 0 fully saturated rings. The first-order chi connectivity index (χ1) is 13.7. The van der Waals surface area contributed by atoms with Crippen molar-refractivity contribution in [1.29, 1.82) is 0 Å². The van der Waals surface area contributed by atoms with Crippen molar-refractivity contribution < 1.29 is 13.2 Å². The van der Waals surface area contributed by atoms with E-state index in [-0.39, 0.29) is 16.9 Å². The number of nitrogens with two attached hydrogens (primary N) is 1. The maximum Gasteiger partial charge on any atom is 0.312 e. The third-order valence-electron chi connectivity index (χ3n) is 5.40. The first kappa shape index (κ1) is 24.2. The van der Waals surface area contributed by atoms with Gasteiger partial charge in [-0.2, -0.15) is 0 Å². The molecule has 1 aromatic carbocycles. The first-order valence-electron chi connectivity index (χ1n) is 10.4. The molecule has 0 saturated carbocycles. The van der Waals surface area contributed by atoms with E-state index in [2.05, 4.69) is 44.5 Å². The second-order valence-electron chi connectivity index (χ2n) is 10.0. The molecule has 0 radical (unpaired) electrons. The lowest BCUT2D eigenvalue weighted by Gasteiger charge is -2.24. The van der Waals surface area contributed by atoms with E-state index in [1.807, 2.05) is 6.07 Å². The Morgan fingerprint density at radius 2 is 1.87 bits per heavy atom. The predicted octanol–water partition coefficient (Wildman–Crippen LogP) is 3.89. The van der Waals surface area contributed by atoms with Crippen molar-refractivity contribution in [2.75, 3.05) is 6.54 Å². The Kier molecular flexibility index (Phi) is 6.91.